The molecule has 5 nitrogen and oxygen atoms in total. The molecule has 0 fully saturated rings. The summed E-state index contributed by atoms with van der Waals surface area (Å²) in [6, 6.07) is 10.3. The predicted octanol–water partition coefficient (Wildman–Crippen LogP) is 6.78. The number of allylic oxidation sites excluding steroid dienone is 1. The largest absolute Gasteiger partial charge is 0.496 e. The van der Waals surface area contributed by atoms with Gasteiger partial charge in [-0.15, -0.1) is 0 Å². The number of hydrogen-bond donors (Lipinski definition) is 1. The summed E-state index contributed by atoms with van der Waals surface area (Å²) in [5.74, 6) is 1.55. The van der Waals surface area contributed by atoms with Gasteiger partial charge in [0.2, 0.25) is 0 Å². The highest BCUT2D eigenvalue weighted by Gasteiger charge is 2.36. The van der Waals surface area contributed by atoms with Crippen molar-refractivity contribution in [1.82, 2.24) is 4.90 Å². The first-order chi connectivity index (χ1) is 18.3. The molecule has 0 aromatic heterocycles. The van der Waals surface area contributed by atoms with E-state index in [4.69, 9.17) is 21.7 Å². The van der Waals surface area contributed by atoms with Crippen molar-refractivity contribution in [2.75, 3.05) is 25.5 Å². The lowest BCUT2D eigenvalue weighted by Crippen LogP contribution is -2.32. The van der Waals surface area contributed by atoms with Crippen LogP contribution in [-0.2, 0) is 4.79 Å². The van der Waals surface area contributed by atoms with Gasteiger partial charge in [0.05, 0.1) is 18.2 Å². The number of thiocarbonyl (C=S) groups is 1. The number of carbonyl (C=O) groups is 1. The third-order valence-electron chi connectivity index (χ3n) is 7.66. The molecule has 2 aromatic carbocycles. The zero-order valence-corrected chi connectivity index (χ0v) is 22.9. The second-order valence-electron chi connectivity index (χ2n) is 10.9. The van der Waals surface area contributed by atoms with E-state index in [1.165, 1.54) is 16.7 Å². The van der Waals surface area contributed by atoms with Crippen molar-refractivity contribution in [3.63, 3.8) is 0 Å². The molecule has 1 unspecified atom stereocenters. The zero-order chi connectivity index (χ0) is 26.6. The molecule has 2 aromatic rings. The number of nitrogens with one attached hydrogen (secondary N) is 1. The van der Waals surface area contributed by atoms with Crippen molar-refractivity contribution in [2.45, 2.75) is 39.7 Å². The number of rotatable bonds is 5. The summed E-state index contributed by atoms with van der Waals surface area (Å²) >= 11 is 5.63. The highest BCUT2D eigenvalue weighted by molar-refractivity contribution is 7.80. The van der Waals surface area contributed by atoms with E-state index in [1.807, 2.05) is 18.2 Å². The summed E-state index contributed by atoms with van der Waals surface area (Å²) in [5.41, 5.74) is 14.0. The first kappa shape index (κ1) is 24.5. The lowest BCUT2D eigenvalue weighted by atomic mass is 9.83. The Hall–Kier alpha value is -3.82. The molecule has 1 atom stereocenters. The summed E-state index contributed by atoms with van der Waals surface area (Å²) < 4.78 is 12.5. The molecule has 1 N–H and O–H groups in total. The average molecular weight is 523 g/mol. The van der Waals surface area contributed by atoms with Gasteiger partial charge in [0.1, 0.15) is 22.6 Å². The molecule has 0 saturated heterocycles. The Morgan fingerprint density at radius 3 is 2.71 bits per heavy atom. The molecular weight excluding hydrogens is 492 g/mol. The van der Waals surface area contributed by atoms with Crippen molar-refractivity contribution < 1.29 is 14.3 Å². The maximum atomic E-state index is 13.0. The van der Waals surface area contributed by atoms with Crippen molar-refractivity contribution in [1.29, 1.82) is 0 Å². The third-order valence-corrected chi connectivity index (χ3v) is 8.10. The van der Waals surface area contributed by atoms with Crippen molar-refractivity contribution in [3.8, 4) is 22.6 Å². The van der Waals surface area contributed by atoms with Gasteiger partial charge in [-0.1, -0.05) is 55.7 Å². The molecule has 192 valence electrons. The summed E-state index contributed by atoms with van der Waals surface area (Å²) in [6.45, 7) is 8.07. The standard InChI is InChI=1S/C32H30N2O3S/c1-19-17-32(2,3)18-33-23-15-14-22-28-24(36-4)11-7-12-25(28)37-26(29(22)27(19)23)13-8-16-34-30(35)20-9-5-6-10-21(20)31(34)38/h7,9-12,14-15,17,26,33H,8,13,16,18H2,1-4H3. The van der Waals surface area contributed by atoms with Crippen LogP contribution in [0, 0.1) is 5.41 Å². The normalized spacial score (nSPS) is 20.2. The number of nitrogens with zero attached hydrogens (tertiary/aromatic N) is 1. The van der Waals surface area contributed by atoms with Gasteiger partial charge >= 0.3 is 0 Å². The van der Waals surface area contributed by atoms with Crippen molar-refractivity contribution >= 4 is 34.4 Å². The molecule has 0 saturated carbocycles. The van der Waals surface area contributed by atoms with Gasteiger partial charge in [-0.2, -0.15) is 0 Å². The van der Waals surface area contributed by atoms with E-state index in [2.05, 4.69) is 55.8 Å². The van der Waals surface area contributed by atoms with Crippen molar-refractivity contribution in [2.24, 2.45) is 5.41 Å². The van der Waals surface area contributed by atoms with Gasteiger partial charge in [0, 0.05) is 47.0 Å². The smallest absolute Gasteiger partial charge is 0.260 e. The Labute approximate surface area is 228 Å². The van der Waals surface area contributed by atoms with Gasteiger partial charge in [-0.25, -0.2) is 0 Å². The van der Waals surface area contributed by atoms with E-state index in [0.29, 0.717) is 17.1 Å². The quantitative estimate of drug-likeness (QED) is 0.347. The molecule has 1 aliphatic carbocycles. The average Bonchev–Trinajstić information content (AvgIpc) is 3.07. The van der Waals surface area contributed by atoms with E-state index < -0.39 is 0 Å². The van der Waals surface area contributed by atoms with Crippen LogP contribution in [0.1, 0.15) is 50.8 Å². The summed E-state index contributed by atoms with van der Waals surface area (Å²) in [6.07, 6.45) is 7.07. The summed E-state index contributed by atoms with van der Waals surface area (Å²) in [4.78, 5) is 15.3. The van der Waals surface area contributed by atoms with Crippen LogP contribution < -0.4 is 14.8 Å². The molecule has 6 heteroatoms. The van der Waals surface area contributed by atoms with Crippen LogP contribution in [0.25, 0.3) is 16.7 Å². The van der Waals surface area contributed by atoms with E-state index in [0.717, 1.165) is 53.3 Å². The van der Waals surface area contributed by atoms with Gasteiger partial charge in [0.25, 0.3) is 5.91 Å². The monoisotopic (exact) mass is 522 g/mol. The summed E-state index contributed by atoms with van der Waals surface area (Å²) in [7, 11) is 1.70. The number of anilines is 1. The number of benzene rings is 2. The minimum atomic E-state index is -0.179. The minimum absolute atomic E-state index is 0.0201. The van der Waals surface area contributed by atoms with Gasteiger partial charge < -0.3 is 14.8 Å². The van der Waals surface area contributed by atoms with Gasteiger partial charge in [-0.05, 0) is 55.2 Å². The molecule has 6 rings (SSSR count). The SMILES string of the molecule is COc1cccc2c1-c1ccc3c(c1C(CCCN1C(=O)C4=C(C=C=C=C4)C1=S)O2)C(C)=CC(C)(C)CN3. The Morgan fingerprint density at radius 2 is 1.95 bits per heavy atom. The Bertz CT molecular complexity index is 1530. The highest BCUT2D eigenvalue weighted by atomic mass is 32.1. The van der Waals surface area contributed by atoms with Crippen molar-refractivity contribution in [3.05, 3.63) is 82.3 Å². The van der Waals surface area contributed by atoms with Crippen LogP contribution in [0.5, 0.6) is 11.5 Å². The van der Waals surface area contributed by atoms with Crippen LogP contribution in [0.15, 0.2) is 71.2 Å². The van der Waals surface area contributed by atoms with Crippen LogP contribution in [0.4, 0.5) is 5.69 Å². The van der Waals surface area contributed by atoms with Crippen LogP contribution in [0.2, 0.25) is 0 Å². The maximum Gasteiger partial charge on any atom is 0.260 e. The fourth-order valence-corrected chi connectivity index (χ4v) is 6.34. The second kappa shape index (κ2) is 9.18. The number of carbonyl (C=O) groups excluding carboxylic acids is 1. The Balaban J connectivity index is 1.36. The minimum Gasteiger partial charge on any atom is -0.496 e. The Morgan fingerprint density at radius 1 is 1.16 bits per heavy atom. The second-order valence-corrected chi connectivity index (χ2v) is 11.3. The third kappa shape index (κ3) is 3.93. The first-order valence-corrected chi connectivity index (χ1v) is 13.4. The summed E-state index contributed by atoms with van der Waals surface area (Å²) in [5, 5.41) is 3.68. The van der Waals surface area contributed by atoms with Crippen LogP contribution in [0.3, 0.4) is 0 Å². The molecule has 0 spiro atoms. The molecular formula is C32H30N2O3S. The fourth-order valence-electron chi connectivity index (χ4n) is 5.99. The topological polar surface area (TPSA) is 50.8 Å². The maximum absolute atomic E-state index is 13.0. The predicted molar refractivity (Wildman–Crippen MR) is 154 cm³/mol. The van der Waals surface area contributed by atoms with E-state index in [-0.39, 0.29) is 17.4 Å². The van der Waals surface area contributed by atoms with E-state index in [9.17, 15) is 4.79 Å². The molecule has 3 heterocycles. The molecule has 38 heavy (non-hydrogen) atoms. The zero-order valence-electron chi connectivity index (χ0n) is 22.1. The Kier molecular flexibility index (Phi) is 5.92. The van der Waals surface area contributed by atoms with E-state index in [1.54, 1.807) is 24.2 Å². The lowest BCUT2D eigenvalue weighted by molar-refractivity contribution is -0.122. The molecule has 0 bridgehead atoms. The fraction of sp³-hybridized carbons (Fsp3) is 0.312. The number of hydrogen-bond acceptors (Lipinski definition) is 5. The van der Waals surface area contributed by atoms with Gasteiger partial charge in [-0.3, -0.25) is 9.69 Å². The molecule has 1 amide bonds. The van der Waals surface area contributed by atoms with Crippen LogP contribution >= 0.6 is 12.2 Å². The van der Waals surface area contributed by atoms with E-state index >= 15 is 0 Å². The molecule has 3 aliphatic heterocycles. The number of fused-ring (bicyclic) bond motifs is 5. The highest BCUT2D eigenvalue weighted by Crippen LogP contribution is 2.52. The molecule has 0 radical (unpaired) electrons. The number of ether oxygens (including phenoxy) is 2. The van der Waals surface area contributed by atoms with Crippen LogP contribution in [-0.4, -0.2) is 36.0 Å². The molecule has 4 aliphatic rings. The lowest BCUT2D eigenvalue weighted by Gasteiger charge is -2.33. The number of amides is 1. The van der Waals surface area contributed by atoms with Gasteiger partial charge in [0.15, 0.2) is 0 Å². The number of methoxy groups -OCH3 is 1. The first-order valence-electron chi connectivity index (χ1n) is 13.0.